The minimum absolute atomic E-state index is 0.0192. The van der Waals surface area contributed by atoms with Crippen LogP contribution in [0.15, 0.2) is 30.3 Å². The van der Waals surface area contributed by atoms with Crippen LogP contribution in [0.1, 0.15) is 24.5 Å². The molecule has 2 rings (SSSR count). The first kappa shape index (κ1) is 21.8. The fraction of sp³-hybridized carbons (Fsp3) is 0.350. The smallest absolute Gasteiger partial charge is 0.306 e. The second-order valence-electron chi connectivity index (χ2n) is 6.06. The van der Waals surface area contributed by atoms with E-state index < -0.39 is 10.9 Å². The number of ether oxygens (including phenoxy) is 3. The average molecular weight is 404 g/mol. The SMILES string of the molecule is CCOC(=O)CCc1ccc([N+](=O)[O-])c(NCc2ccc(OC)cc2OC)c1O. The van der Waals surface area contributed by atoms with Gasteiger partial charge in [0.2, 0.25) is 0 Å². The fourth-order valence-corrected chi connectivity index (χ4v) is 2.80. The number of anilines is 1. The Morgan fingerprint density at radius 1 is 1.17 bits per heavy atom. The number of carbonyl (C=O) groups excluding carboxylic acids is 1. The maximum absolute atomic E-state index is 11.6. The molecule has 2 aromatic rings. The molecule has 0 heterocycles. The molecule has 0 amide bonds. The molecule has 2 N–H and O–H groups in total. The molecule has 0 unspecified atom stereocenters. The van der Waals surface area contributed by atoms with Gasteiger partial charge in [0.1, 0.15) is 17.2 Å². The Morgan fingerprint density at radius 2 is 1.90 bits per heavy atom. The Kier molecular flexibility index (Phi) is 7.64. The number of phenols is 1. The van der Waals surface area contributed by atoms with Gasteiger partial charge in [0.05, 0.1) is 25.7 Å². The highest BCUT2D eigenvalue weighted by Crippen LogP contribution is 2.38. The standard InChI is InChI=1S/C20H24N2O7/c1-4-29-18(23)10-7-13-6-9-16(22(25)26)19(20(13)24)21-12-14-5-8-15(27-2)11-17(14)28-3/h5-6,8-9,11,21,24H,4,7,10,12H2,1-3H3. The number of nitrogens with one attached hydrogen (secondary N) is 1. The fourth-order valence-electron chi connectivity index (χ4n) is 2.80. The van der Waals surface area contributed by atoms with Gasteiger partial charge in [0.15, 0.2) is 5.69 Å². The summed E-state index contributed by atoms with van der Waals surface area (Å²) in [7, 11) is 3.05. The van der Waals surface area contributed by atoms with Crippen molar-refractivity contribution in [2.45, 2.75) is 26.3 Å². The van der Waals surface area contributed by atoms with E-state index in [2.05, 4.69) is 5.32 Å². The van der Waals surface area contributed by atoms with Crippen LogP contribution in [0.2, 0.25) is 0 Å². The van der Waals surface area contributed by atoms with Crippen LogP contribution in [0, 0.1) is 10.1 Å². The normalized spacial score (nSPS) is 10.3. The Labute approximate surface area is 168 Å². The van der Waals surface area contributed by atoms with E-state index in [9.17, 15) is 20.0 Å². The van der Waals surface area contributed by atoms with E-state index >= 15 is 0 Å². The molecule has 0 radical (unpaired) electrons. The van der Waals surface area contributed by atoms with Gasteiger partial charge in [-0.3, -0.25) is 14.9 Å². The van der Waals surface area contributed by atoms with Gasteiger partial charge in [-0.2, -0.15) is 0 Å². The molecule has 0 spiro atoms. The van der Waals surface area contributed by atoms with Crippen LogP contribution >= 0.6 is 0 Å². The molecule has 0 aliphatic heterocycles. The Hall–Kier alpha value is -3.49. The summed E-state index contributed by atoms with van der Waals surface area (Å²) in [4.78, 5) is 22.4. The van der Waals surface area contributed by atoms with Crippen molar-refractivity contribution in [2.24, 2.45) is 0 Å². The van der Waals surface area contributed by atoms with Crippen LogP contribution in [0.5, 0.6) is 17.2 Å². The van der Waals surface area contributed by atoms with Crippen LogP contribution in [0.25, 0.3) is 0 Å². The zero-order chi connectivity index (χ0) is 21.4. The topological polar surface area (TPSA) is 120 Å². The Bertz CT molecular complexity index is 883. The van der Waals surface area contributed by atoms with Crippen molar-refractivity contribution in [2.75, 3.05) is 26.1 Å². The Balaban J connectivity index is 2.27. The number of carbonyl (C=O) groups is 1. The van der Waals surface area contributed by atoms with Gasteiger partial charge in [-0.15, -0.1) is 0 Å². The van der Waals surface area contributed by atoms with Gasteiger partial charge in [-0.1, -0.05) is 0 Å². The van der Waals surface area contributed by atoms with Gasteiger partial charge >= 0.3 is 5.97 Å². The van der Waals surface area contributed by atoms with Gasteiger partial charge in [-0.25, -0.2) is 0 Å². The lowest BCUT2D eigenvalue weighted by Gasteiger charge is -2.14. The van der Waals surface area contributed by atoms with Crippen molar-refractivity contribution in [1.29, 1.82) is 0 Å². The summed E-state index contributed by atoms with van der Waals surface area (Å²) in [6.45, 7) is 2.14. The first-order valence-electron chi connectivity index (χ1n) is 9.00. The lowest BCUT2D eigenvalue weighted by molar-refractivity contribution is -0.384. The molecule has 0 saturated carbocycles. The maximum Gasteiger partial charge on any atom is 0.306 e. The number of esters is 1. The molecule has 156 valence electrons. The number of nitrogens with zero attached hydrogens (tertiary/aromatic N) is 1. The number of nitro groups is 1. The van der Waals surface area contributed by atoms with E-state index in [4.69, 9.17) is 14.2 Å². The van der Waals surface area contributed by atoms with Crippen LogP contribution in [0.4, 0.5) is 11.4 Å². The lowest BCUT2D eigenvalue weighted by atomic mass is 10.1. The van der Waals surface area contributed by atoms with E-state index in [1.165, 1.54) is 26.4 Å². The first-order chi connectivity index (χ1) is 13.9. The summed E-state index contributed by atoms with van der Waals surface area (Å²) in [5.74, 6) is 0.483. The molecular weight excluding hydrogens is 380 g/mol. The number of aromatic hydroxyl groups is 1. The van der Waals surface area contributed by atoms with Crippen molar-refractivity contribution in [3.63, 3.8) is 0 Å². The van der Waals surface area contributed by atoms with Gasteiger partial charge in [0.25, 0.3) is 5.69 Å². The molecule has 0 aromatic heterocycles. The molecule has 0 saturated heterocycles. The molecule has 0 fully saturated rings. The van der Waals surface area contributed by atoms with Gasteiger partial charge < -0.3 is 24.6 Å². The van der Waals surface area contributed by atoms with E-state index in [0.29, 0.717) is 17.1 Å². The quantitative estimate of drug-likeness (QED) is 0.267. The summed E-state index contributed by atoms with van der Waals surface area (Å²) in [6.07, 6.45) is 0.258. The molecule has 0 bridgehead atoms. The maximum atomic E-state index is 11.6. The second-order valence-corrected chi connectivity index (χ2v) is 6.06. The highest BCUT2D eigenvalue weighted by molar-refractivity contribution is 5.74. The largest absolute Gasteiger partial charge is 0.505 e. The zero-order valence-corrected chi connectivity index (χ0v) is 16.6. The highest BCUT2D eigenvalue weighted by atomic mass is 16.6. The number of aryl methyl sites for hydroxylation is 1. The van der Waals surface area contributed by atoms with Crippen LogP contribution in [-0.4, -0.2) is 36.8 Å². The molecule has 0 aliphatic rings. The molecule has 29 heavy (non-hydrogen) atoms. The summed E-state index contributed by atoms with van der Waals surface area (Å²) in [6, 6.07) is 7.93. The first-order valence-corrected chi connectivity index (χ1v) is 9.00. The average Bonchev–Trinajstić information content (AvgIpc) is 2.71. The van der Waals surface area contributed by atoms with Crippen LogP contribution < -0.4 is 14.8 Å². The van der Waals surface area contributed by atoms with Crippen LogP contribution in [-0.2, 0) is 22.5 Å². The van der Waals surface area contributed by atoms with Crippen LogP contribution in [0.3, 0.4) is 0 Å². The summed E-state index contributed by atoms with van der Waals surface area (Å²) >= 11 is 0. The number of rotatable bonds is 10. The summed E-state index contributed by atoms with van der Waals surface area (Å²) in [5, 5.41) is 24.9. The van der Waals surface area contributed by atoms with Crippen molar-refractivity contribution >= 4 is 17.3 Å². The highest BCUT2D eigenvalue weighted by Gasteiger charge is 2.21. The summed E-state index contributed by atoms with van der Waals surface area (Å²) in [5.41, 5.74) is 0.843. The molecular formula is C20H24N2O7. The van der Waals surface area contributed by atoms with Crippen molar-refractivity contribution < 1.29 is 29.0 Å². The Morgan fingerprint density at radius 3 is 2.52 bits per heavy atom. The monoisotopic (exact) mass is 404 g/mol. The number of methoxy groups -OCH3 is 2. The van der Waals surface area contributed by atoms with Gasteiger partial charge in [0, 0.05) is 30.7 Å². The predicted molar refractivity (Wildman–Crippen MR) is 107 cm³/mol. The number of phenolic OH excluding ortho intramolecular Hbond substituents is 1. The number of hydrogen-bond acceptors (Lipinski definition) is 8. The molecule has 2 aromatic carbocycles. The van der Waals surface area contributed by atoms with Crippen molar-refractivity contribution in [3.8, 4) is 17.2 Å². The van der Waals surface area contributed by atoms with E-state index in [1.807, 2.05) is 0 Å². The summed E-state index contributed by atoms with van der Waals surface area (Å²) < 4.78 is 15.4. The van der Waals surface area contributed by atoms with E-state index in [-0.39, 0.29) is 43.1 Å². The molecule has 0 aliphatic carbocycles. The van der Waals surface area contributed by atoms with Gasteiger partial charge in [-0.05, 0) is 37.1 Å². The lowest BCUT2D eigenvalue weighted by Crippen LogP contribution is -2.07. The molecule has 9 nitrogen and oxygen atoms in total. The minimum Gasteiger partial charge on any atom is -0.505 e. The minimum atomic E-state index is -0.581. The van der Waals surface area contributed by atoms with E-state index in [1.54, 1.807) is 25.1 Å². The number of hydrogen-bond donors (Lipinski definition) is 2. The van der Waals surface area contributed by atoms with Crippen molar-refractivity contribution in [3.05, 3.63) is 51.6 Å². The predicted octanol–water partition coefficient (Wildman–Crippen LogP) is 3.43. The number of benzene rings is 2. The molecule has 0 atom stereocenters. The third-order valence-corrected chi connectivity index (χ3v) is 4.29. The molecule has 9 heteroatoms. The zero-order valence-electron chi connectivity index (χ0n) is 16.6. The third-order valence-electron chi connectivity index (χ3n) is 4.29. The van der Waals surface area contributed by atoms with E-state index in [0.717, 1.165) is 5.56 Å². The van der Waals surface area contributed by atoms with Crippen molar-refractivity contribution in [1.82, 2.24) is 0 Å². The second kappa shape index (κ2) is 10.2. The number of nitro benzene ring substituents is 1. The third kappa shape index (κ3) is 5.50.